The second-order valence-corrected chi connectivity index (χ2v) is 6.80. The van der Waals surface area contributed by atoms with Gasteiger partial charge in [-0.25, -0.2) is 9.97 Å². The van der Waals surface area contributed by atoms with Crippen molar-refractivity contribution in [1.29, 1.82) is 0 Å². The molecule has 0 radical (unpaired) electrons. The molecular weight excluding hydrogens is 256 g/mol. The Morgan fingerprint density at radius 1 is 1.05 bits per heavy atom. The van der Waals surface area contributed by atoms with E-state index in [4.69, 9.17) is 9.97 Å². The topological polar surface area (TPSA) is 25.8 Å². The van der Waals surface area contributed by atoms with Gasteiger partial charge in [-0.1, -0.05) is 39.5 Å². The van der Waals surface area contributed by atoms with Gasteiger partial charge in [-0.15, -0.1) is 0 Å². The molecule has 0 amide bonds. The van der Waals surface area contributed by atoms with Crippen LogP contribution in [0.4, 0.5) is 0 Å². The van der Waals surface area contributed by atoms with Crippen molar-refractivity contribution in [2.75, 3.05) is 0 Å². The Morgan fingerprint density at radius 2 is 1.81 bits per heavy atom. The van der Waals surface area contributed by atoms with Gasteiger partial charge in [0.15, 0.2) is 0 Å². The first-order valence-electron chi connectivity index (χ1n) is 9.07. The summed E-state index contributed by atoms with van der Waals surface area (Å²) < 4.78 is 0. The first kappa shape index (κ1) is 16.5. The van der Waals surface area contributed by atoms with Crippen LogP contribution in [0.5, 0.6) is 0 Å². The minimum atomic E-state index is 0.612. The Morgan fingerprint density at radius 3 is 2.43 bits per heavy atom. The highest BCUT2D eigenvalue weighted by atomic mass is 14.9. The average molecular weight is 288 g/mol. The molecule has 0 unspecified atom stereocenters. The van der Waals surface area contributed by atoms with Crippen LogP contribution in [-0.2, 0) is 6.42 Å². The molecule has 1 aliphatic rings. The van der Waals surface area contributed by atoms with Crippen molar-refractivity contribution in [1.82, 2.24) is 9.97 Å². The molecule has 2 rings (SSSR count). The molecular formula is C19H32N2. The van der Waals surface area contributed by atoms with E-state index in [-0.39, 0.29) is 0 Å². The SMILES string of the molecule is CCCCCc1cnc([C@H]2CC[C@H](CCC)CC2)nc1C. The summed E-state index contributed by atoms with van der Waals surface area (Å²) in [7, 11) is 0. The standard InChI is InChI=1S/C19H32N2/c1-4-6-7-9-18-14-20-19(21-15(18)3)17-12-10-16(8-5-2)11-13-17/h14,16-17H,4-13H2,1-3H3/t16-,17-. The van der Waals surface area contributed by atoms with Crippen LogP contribution in [0.3, 0.4) is 0 Å². The fourth-order valence-electron chi connectivity index (χ4n) is 3.64. The highest BCUT2D eigenvalue weighted by molar-refractivity contribution is 5.17. The van der Waals surface area contributed by atoms with Crippen LogP contribution >= 0.6 is 0 Å². The lowest BCUT2D eigenvalue weighted by molar-refractivity contribution is 0.302. The molecule has 1 fully saturated rings. The maximum Gasteiger partial charge on any atom is 0.131 e. The third kappa shape index (κ3) is 4.79. The maximum atomic E-state index is 4.84. The normalized spacial score (nSPS) is 22.4. The lowest BCUT2D eigenvalue weighted by Crippen LogP contribution is -2.16. The van der Waals surface area contributed by atoms with E-state index < -0.39 is 0 Å². The van der Waals surface area contributed by atoms with Crippen molar-refractivity contribution in [2.24, 2.45) is 5.92 Å². The van der Waals surface area contributed by atoms with Gasteiger partial charge in [-0.05, 0) is 56.9 Å². The number of rotatable bonds is 7. The van der Waals surface area contributed by atoms with E-state index in [0.29, 0.717) is 5.92 Å². The van der Waals surface area contributed by atoms with Crippen molar-refractivity contribution < 1.29 is 0 Å². The van der Waals surface area contributed by atoms with Crippen LogP contribution in [0.1, 0.15) is 94.6 Å². The first-order valence-corrected chi connectivity index (χ1v) is 9.07. The van der Waals surface area contributed by atoms with Crippen LogP contribution < -0.4 is 0 Å². The van der Waals surface area contributed by atoms with Crippen LogP contribution in [0, 0.1) is 12.8 Å². The Labute approximate surface area is 130 Å². The predicted molar refractivity (Wildman–Crippen MR) is 89.6 cm³/mol. The largest absolute Gasteiger partial charge is 0.241 e. The van der Waals surface area contributed by atoms with Gasteiger partial charge in [0.25, 0.3) is 0 Å². The third-order valence-corrected chi connectivity index (χ3v) is 5.06. The summed E-state index contributed by atoms with van der Waals surface area (Å²) in [5, 5.41) is 0. The Balaban J connectivity index is 1.91. The van der Waals surface area contributed by atoms with Crippen molar-refractivity contribution >= 4 is 0 Å². The first-order chi connectivity index (χ1) is 10.2. The second-order valence-electron chi connectivity index (χ2n) is 6.80. The van der Waals surface area contributed by atoms with Crippen molar-refractivity contribution in [3.05, 3.63) is 23.3 Å². The lowest BCUT2D eigenvalue weighted by Gasteiger charge is -2.27. The summed E-state index contributed by atoms with van der Waals surface area (Å²) in [5.41, 5.74) is 2.57. The smallest absolute Gasteiger partial charge is 0.131 e. The maximum absolute atomic E-state index is 4.84. The summed E-state index contributed by atoms with van der Waals surface area (Å²) in [6.07, 6.45) is 15.2. The number of aryl methyl sites for hydroxylation is 2. The second kappa shape index (κ2) is 8.51. The van der Waals surface area contributed by atoms with Gasteiger partial charge >= 0.3 is 0 Å². The van der Waals surface area contributed by atoms with Crippen LogP contribution in [0.15, 0.2) is 6.20 Å². The number of unbranched alkanes of at least 4 members (excludes halogenated alkanes) is 2. The Kier molecular flexibility index (Phi) is 6.66. The van der Waals surface area contributed by atoms with E-state index in [9.17, 15) is 0 Å². The van der Waals surface area contributed by atoms with Gasteiger partial charge < -0.3 is 0 Å². The minimum absolute atomic E-state index is 0.612. The van der Waals surface area contributed by atoms with Gasteiger partial charge in [0.2, 0.25) is 0 Å². The molecule has 0 N–H and O–H groups in total. The van der Waals surface area contributed by atoms with E-state index >= 15 is 0 Å². The molecule has 1 aromatic heterocycles. The molecule has 0 bridgehead atoms. The molecule has 1 aliphatic carbocycles. The molecule has 2 nitrogen and oxygen atoms in total. The molecule has 2 heteroatoms. The van der Waals surface area contributed by atoms with E-state index in [1.165, 1.54) is 69.0 Å². The summed E-state index contributed by atoms with van der Waals surface area (Å²) >= 11 is 0. The molecule has 0 aliphatic heterocycles. The van der Waals surface area contributed by atoms with Gasteiger partial charge in [0, 0.05) is 17.8 Å². The molecule has 0 aromatic carbocycles. The molecule has 0 atom stereocenters. The molecule has 1 heterocycles. The highest BCUT2D eigenvalue weighted by Gasteiger charge is 2.23. The zero-order valence-electron chi connectivity index (χ0n) is 14.2. The van der Waals surface area contributed by atoms with Crippen LogP contribution in [-0.4, -0.2) is 9.97 Å². The zero-order valence-corrected chi connectivity index (χ0v) is 14.2. The highest BCUT2D eigenvalue weighted by Crippen LogP contribution is 2.36. The summed E-state index contributed by atoms with van der Waals surface area (Å²) in [4.78, 5) is 9.54. The lowest BCUT2D eigenvalue weighted by atomic mass is 9.79. The number of hydrogen-bond acceptors (Lipinski definition) is 2. The average Bonchev–Trinajstić information content (AvgIpc) is 2.50. The quantitative estimate of drug-likeness (QED) is 0.611. The molecule has 0 saturated heterocycles. The van der Waals surface area contributed by atoms with Crippen molar-refractivity contribution in [3.63, 3.8) is 0 Å². The van der Waals surface area contributed by atoms with Gasteiger partial charge in [-0.3, -0.25) is 0 Å². The molecule has 21 heavy (non-hydrogen) atoms. The van der Waals surface area contributed by atoms with E-state index in [1.807, 2.05) is 0 Å². The number of aromatic nitrogens is 2. The molecule has 118 valence electrons. The Bertz CT molecular complexity index is 420. The van der Waals surface area contributed by atoms with Crippen LogP contribution in [0.25, 0.3) is 0 Å². The minimum Gasteiger partial charge on any atom is -0.241 e. The van der Waals surface area contributed by atoms with Gasteiger partial charge in [0.05, 0.1) is 0 Å². The monoisotopic (exact) mass is 288 g/mol. The molecule has 1 saturated carbocycles. The van der Waals surface area contributed by atoms with E-state index in [1.54, 1.807) is 0 Å². The summed E-state index contributed by atoms with van der Waals surface area (Å²) in [5.74, 6) is 2.68. The molecule has 0 spiro atoms. The van der Waals surface area contributed by atoms with Gasteiger partial charge in [-0.2, -0.15) is 0 Å². The van der Waals surface area contributed by atoms with Gasteiger partial charge in [0.1, 0.15) is 5.82 Å². The van der Waals surface area contributed by atoms with Crippen molar-refractivity contribution in [2.45, 2.75) is 90.9 Å². The third-order valence-electron chi connectivity index (χ3n) is 5.06. The van der Waals surface area contributed by atoms with E-state index in [0.717, 1.165) is 18.2 Å². The number of hydrogen-bond donors (Lipinski definition) is 0. The van der Waals surface area contributed by atoms with E-state index in [2.05, 4.69) is 27.0 Å². The fraction of sp³-hybridized carbons (Fsp3) is 0.789. The predicted octanol–water partition coefficient (Wildman–Crippen LogP) is 5.59. The Hall–Kier alpha value is -0.920. The summed E-state index contributed by atoms with van der Waals surface area (Å²) in [6, 6.07) is 0. The zero-order chi connectivity index (χ0) is 15.1. The van der Waals surface area contributed by atoms with Crippen molar-refractivity contribution in [3.8, 4) is 0 Å². The fourth-order valence-corrected chi connectivity index (χ4v) is 3.64. The van der Waals surface area contributed by atoms with Crippen LogP contribution in [0.2, 0.25) is 0 Å². The number of nitrogens with zero attached hydrogens (tertiary/aromatic N) is 2. The molecule has 1 aromatic rings. The summed E-state index contributed by atoms with van der Waals surface area (Å²) in [6.45, 7) is 6.71.